The molecule has 4 aliphatic rings. The molecule has 3 fully saturated rings. The molecule has 7 heteroatoms. The molecule has 0 bridgehead atoms. The molecule has 0 aromatic heterocycles. The smallest absolute Gasteiger partial charge is 0.255 e. The lowest BCUT2D eigenvalue weighted by Gasteiger charge is -2.37. The van der Waals surface area contributed by atoms with Crippen molar-refractivity contribution in [2.75, 3.05) is 13.1 Å². The molecule has 5 rings (SSSR count). The minimum atomic E-state index is -0.552. The number of carbonyl (C=O) groups is 3. The summed E-state index contributed by atoms with van der Waals surface area (Å²) in [7, 11) is 0. The summed E-state index contributed by atoms with van der Waals surface area (Å²) >= 11 is 0. The number of carbonyl (C=O) groups excluding carboxylic acids is 3. The van der Waals surface area contributed by atoms with Gasteiger partial charge in [0.2, 0.25) is 11.8 Å². The summed E-state index contributed by atoms with van der Waals surface area (Å²) in [5.41, 5.74) is 2.94. The maximum absolute atomic E-state index is 13.0. The molecule has 2 N–H and O–H groups in total. The molecule has 1 unspecified atom stereocenters. The highest BCUT2D eigenvalue weighted by Gasteiger charge is 2.40. The van der Waals surface area contributed by atoms with Crippen LogP contribution in [0.5, 0.6) is 0 Å². The van der Waals surface area contributed by atoms with E-state index in [0.717, 1.165) is 25.2 Å². The van der Waals surface area contributed by atoms with Crippen LogP contribution in [0.3, 0.4) is 0 Å². The minimum Gasteiger partial charge on any atom is -0.322 e. The Hall–Kier alpha value is -2.25. The number of nitrogens with zero attached hydrogens (tertiary/aromatic N) is 2. The highest BCUT2D eigenvalue weighted by Crippen LogP contribution is 2.32. The van der Waals surface area contributed by atoms with Crippen LogP contribution in [0.1, 0.15) is 53.6 Å². The summed E-state index contributed by atoms with van der Waals surface area (Å²) in [6.07, 6.45) is 4.32. The summed E-state index contributed by atoms with van der Waals surface area (Å²) in [5.74, 6) is -0.698. The summed E-state index contributed by atoms with van der Waals surface area (Å²) < 4.78 is 0. The Balaban J connectivity index is 1.38. The number of amides is 3. The first-order valence-electron chi connectivity index (χ1n) is 10.3. The molecule has 3 amide bonds. The van der Waals surface area contributed by atoms with Gasteiger partial charge in [0.05, 0.1) is 0 Å². The predicted molar refractivity (Wildman–Crippen MR) is 102 cm³/mol. The monoisotopic (exact) mass is 382 g/mol. The van der Waals surface area contributed by atoms with Gasteiger partial charge in [0.1, 0.15) is 6.04 Å². The van der Waals surface area contributed by atoms with Gasteiger partial charge in [-0.1, -0.05) is 12.1 Å². The molecule has 4 heterocycles. The Kier molecular flexibility index (Phi) is 4.44. The molecule has 7 nitrogen and oxygen atoms in total. The fraction of sp³-hybridized carbons (Fsp3) is 0.571. The van der Waals surface area contributed by atoms with Crippen molar-refractivity contribution in [3.8, 4) is 0 Å². The van der Waals surface area contributed by atoms with Gasteiger partial charge in [-0.2, -0.15) is 0 Å². The van der Waals surface area contributed by atoms with Gasteiger partial charge >= 0.3 is 0 Å². The minimum absolute atomic E-state index is 0.0922. The van der Waals surface area contributed by atoms with Gasteiger partial charge in [-0.05, 0) is 56.0 Å². The van der Waals surface area contributed by atoms with E-state index in [4.69, 9.17) is 0 Å². The third-order valence-corrected chi connectivity index (χ3v) is 6.79. The number of nitrogens with one attached hydrogen (secondary N) is 2. The second-order valence-corrected chi connectivity index (χ2v) is 8.37. The molecule has 0 aliphatic carbocycles. The molecule has 3 atom stereocenters. The number of rotatable bonds is 3. The summed E-state index contributed by atoms with van der Waals surface area (Å²) in [5, 5.41) is 5.99. The van der Waals surface area contributed by atoms with Crippen molar-refractivity contribution in [2.24, 2.45) is 0 Å². The second kappa shape index (κ2) is 6.97. The Labute approximate surface area is 164 Å². The van der Waals surface area contributed by atoms with Crippen LogP contribution in [0.2, 0.25) is 0 Å². The molecule has 4 aliphatic heterocycles. The van der Waals surface area contributed by atoms with Gasteiger partial charge in [0.25, 0.3) is 5.91 Å². The van der Waals surface area contributed by atoms with E-state index >= 15 is 0 Å². The Bertz CT molecular complexity index is 839. The van der Waals surface area contributed by atoms with Crippen LogP contribution < -0.4 is 10.6 Å². The topological polar surface area (TPSA) is 81.8 Å². The van der Waals surface area contributed by atoms with Crippen molar-refractivity contribution >= 4 is 17.7 Å². The maximum Gasteiger partial charge on any atom is 0.255 e. The number of piperidine rings is 2. The van der Waals surface area contributed by atoms with Gasteiger partial charge in [0, 0.05) is 37.2 Å². The van der Waals surface area contributed by atoms with E-state index in [1.165, 1.54) is 24.8 Å². The summed E-state index contributed by atoms with van der Waals surface area (Å²) in [6, 6.07) is 6.55. The van der Waals surface area contributed by atoms with Gasteiger partial charge in [-0.25, -0.2) is 0 Å². The van der Waals surface area contributed by atoms with E-state index in [2.05, 4.69) is 21.6 Å². The fourth-order valence-corrected chi connectivity index (χ4v) is 5.38. The molecule has 0 saturated carbocycles. The third-order valence-electron chi connectivity index (χ3n) is 6.79. The lowest BCUT2D eigenvalue weighted by molar-refractivity contribution is -0.136. The van der Waals surface area contributed by atoms with Crippen molar-refractivity contribution in [2.45, 2.75) is 63.3 Å². The highest BCUT2D eigenvalue weighted by atomic mass is 16.2. The molecular weight excluding hydrogens is 356 g/mol. The van der Waals surface area contributed by atoms with Crippen LogP contribution in [0.25, 0.3) is 0 Å². The first kappa shape index (κ1) is 17.8. The zero-order valence-corrected chi connectivity index (χ0v) is 15.9. The van der Waals surface area contributed by atoms with Crippen molar-refractivity contribution in [1.29, 1.82) is 0 Å². The molecule has 28 heavy (non-hydrogen) atoms. The van der Waals surface area contributed by atoms with Gasteiger partial charge in [-0.15, -0.1) is 0 Å². The molecule has 148 valence electrons. The number of hydrogen-bond acceptors (Lipinski definition) is 5. The Morgan fingerprint density at radius 2 is 2.00 bits per heavy atom. The van der Waals surface area contributed by atoms with Gasteiger partial charge < -0.3 is 10.2 Å². The average molecular weight is 382 g/mol. The number of hydrogen-bond donors (Lipinski definition) is 2. The molecule has 1 aromatic rings. The third kappa shape index (κ3) is 2.93. The largest absolute Gasteiger partial charge is 0.322 e. The molecule has 0 spiro atoms. The summed E-state index contributed by atoms with van der Waals surface area (Å²) in [4.78, 5) is 40.9. The quantitative estimate of drug-likeness (QED) is 0.755. The van der Waals surface area contributed by atoms with Crippen LogP contribution in [0.15, 0.2) is 18.2 Å². The zero-order chi connectivity index (χ0) is 19.3. The van der Waals surface area contributed by atoms with Gasteiger partial charge in [-0.3, -0.25) is 24.6 Å². The van der Waals surface area contributed by atoms with E-state index in [1.54, 1.807) is 4.90 Å². The molecular formula is C21H26N4O3. The number of likely N-dealkylation sites (tertiary alicyclic amines) is 1. The highest BCUT2D eigenvalue weighted by molar-refractivity contribution is 6.05. The predicted octanol–water partition coefficient (Wildman–Crippen LogP) is 0.774. The first-order chi connectivity index (χ1) is 13.6. The number of benzene rings is 1. The van der Waals surface area contributed by atoms with Crippen LogP contribution in [-0.4, -0.2) is 58.7 Å². The van der Waals surface area contributed by atoms with Crippen molar-refractivity contribution in [3.05, 3.63) is 34.9 Å². The molecule has 3 saturated heterocycles. The van der Waals surface area contributed by atoms with Crippen LogP contribution >= 0.6 is 0 Å². The van der Waals surface area contributed by atoms with E-state index in [1.807, 2.05) is 12.1 Å². The normalized spacial score (nSPS) is 30.4. The van der Waals surface area contributed by atoms with Crippen molar-refractivity contribution in [3.63, 3.8) is 0 Å². The maximum atomic E-state index is 13.0. The SMILES string of the molecule is O=C1CCC(N2Cc3c(CN4CCC[C@@H]5NCC[C@@H]54)cccc3C2=O)C(=O)N1. The Morgan fingerprint density at radius 1 is 1.11 bits per heavy atom. The second-order valence-electron chi connectivity index (χ2n) is 8.37. The van der Waals surface area contributed by atoms with Crippen LogP contribution in [-0.2, 0) is 22.7 Å². The first-order valence-corrected chi connectivity index (χ1v) is 10.3. The van der Waals surface area contributed by atoms with Crippen LogP contribution in [0.4, 0.5) is 0 Å². The lowest BCUT2D eigenvalue weighted by Crippen LogP contribution is -2.52. The van der Waals surface area contributed by atoms with E-state index in [9.17, 15) is 14.4 Å². The van der Waals surface area contributed by atoms with E-state index < -0.39 is 6.04 Å². The standard InChI is InChI=1S/C21H26N4O3/c26-19-7-6-18(20(27)23-19)25-12-15-13(3-1-4-14(15)21(25)28)11-24-10-2-5-16-17(24)8-9-22-16/h1,3-4,16-18,22H,2,5-12H2,(H,23,26,27)/t16-,17-,18?/m0/s1. The molecule has 1 aromatic carbocycles. The number of imide groups is 1. The van der Waals surface area contributed by atoms with Crippen molar-refractivity contribution < 1.29 is 14.4 Å². The number of fused-ring (bicyclic) bond motifs is 2. The lowest BCUT2D eigenvalue weighted by atomic mass is 9.95. The average Bonchev–Trinajstić information content (AvgIpc) is 3.28. The van der Waals surface area contributed by atoms with Crippen LogP contribution in [0, 0.1) is 0 Å². The van der Waals surface area contributed by atoms with E-state index in [0.29, 0.717) is 30.6 Å². The fourth-order valence-electron chi connectivity index (χ4n) is 5.38. The molecule has 0 radical (unpaired) electrons. The zero-order valence-electron chi connectivity index (χ0n) is 15.9. The summed E-state index contributed by atoms with van der Waals surface area (Å²) in [6.45, 7) is 3.48. The van der Waals surface area contributed by atoms with E-state index in [-0.39, 0.29) is 24.1 Å². The van der Waals surface area contributed by atoms with Crippen molar-refractivity contribution in [1.82, 2.24) is 20.4 Å². The van der Waals surface area contributed by atoms with Gasteiger partial charge in [0.15, 0.2) is 0 Å². The Morgan fingerprint density at radius 3 is 2.86 bits per heavy atom.